The van der Waals surface area contributed by atoms with E-state index in [0.29, 0.717) is 30.1 Å². The van der Waals surface area contributed by atoms with Crippen molar-refractivity contribution in [2.45, 2.75) is 17.7 Å². The number of rotatable bonds is 5. The molecule has 166 valence electrons. The molecule has 2 fully saturated rings. The molecule has 2 saturated heterocycles. The second-order valence-electron chi connectivity index (χ2n) is 8.53. The fourth-order valence-electron chi connectivity index (χ4n) is 4.98. The number of sulfonamides is 1. The number of hydrogen-bond acceptors (Lipinski definition) is 5. The number of benzene rings is 2. The molecule has 2 aromatic carbocycles. The van der Waals surface area contributed by atoms with Crippen LogP contribution in [-0.2, 0) is 23.5 Å². The Morgan fingerprint density at radius 3 is 2.74 bits per heavy atom. The summed E-state index contributed by atoms with van der Waals surface area (Å²) in [6, 6.07) is 15.0. The topological polar surface area (TPSA) is 84.5 Å². The van der Waals surface area contributed by atoms with Crippen molar-refractivity contribution >= 4 is 33.5 Å². The lowest BCUT2D eigenvalue weighted by atomic mass is 9.76. The van der Waals surface area contributed by atoms with E-state index in [-0.39, 0.29) is 22.7 Å². The third-order valence-electron chi connectivity index (χ3n) is 6.81. The molecular weight excluding hydrogens is 438 g/mol. The quantitative estimate of drug-likeness (QED) is 0.628. The first-order valence-electron chi connectivity index (χ1n) is 10.2. The summed E-state index contributed by atoms with van der Waals surface area (Å²) in [6.45, 7) is 2.70. The van der Waals surface area contributed by atoms with Crippen LogP contribution in [0.3, 0.4) is 0 Å². The molecule has 31 heavy (non-hydrogen) atoms. The molecule has 3 aromatic rings. The highest BCUT2D eigenvalue weighted by atomic mass is 35.5. The van der Waals surface area contributed by atoms with E-state index in [0.717, 1.165) is 25.9 Å². The molecule has 1 aromatic heterocycles. The summed E-state index contributed by atoms with van der Waals surface area (Å²) in [5.41, 5.74) is 2.11. The predicted molar refractivity (Wildman–Crippen MR) is 121 cm³/mol. The number of hydrogen-bond donors (Lipinski definition) is 1. The Labute approximate surface area is 187 Å². The molecule has 0 bridgehead atoms. The van der Waals surface area contributed by atoms with Crippen LogP contribution in [-0.4, -0.2) is 43.5 Å². The van der Waals surface area contributed by atoms with Crippen LogP contribution in [0.5, 0.6) is 0 Å². The van der Waals surface area contributed by atoms with Gasteiger partial charge in [-0.2, -0.15) is 4.31 Å². The predicted octanol–water partition coefficient (Wildman–Crippen LogP) is 2.40. The second-order valence-corrected chi connectivity index (χ2v) is 10.5. The zero-order chi connectivity index (χ0) is 20.9. The standard InChI is InChI=1S/C22H25N3O4S.ClH/c1-24-19-8-7-18(11-20(19)29-21(24)26)30(27,28)25-13-17-12-23-14-22(17,15-25)10-9-16-5-3-2-4-6-16;/h2-8,11,17,23H,9-10,12-15H2,1H3;1H. The first kappa shape index (κ1) is 22.1. The highest BCUT2D eigenvalue weighted by Crippen LogP contribution is 2.44. The SMILES string of the molecule is Cl.Cn1c(=O)oc2cc(S(=O)(=O)N3CC4CNCC4(CCc4ccccc4)C3)ccc21. The van der Waals surface area contributed by atoms with Gasteiger partial charge < -0.3 is 9.73 Å². The van der Waals surface area contributed by atoms with E-state index in [4.69, 9.17) is 4.42 Å². The molecule has 0 spiro atoms. The first-order chi connectivity index (χ1) is 14.4. The van der Waals surface area contributed by atoms with Crippen molar-refractivity contribution in [1.29, 1.82) is 0 Å². The van der Waals surface area contributed by atoms with Crippen LogP contribution in [0.2, 0.25) is 0 Å². The minimum Gasteiger partial charge on any atom is -0.408 e. The van der Waals surface area contributed by atoms with Crippen molar-refractivity contribution < 1.29 is 12.8 Å². The number of aryl methyl sites for hydroxylation is 2. The van der Waals surface area contributed by atoms with Crippen LogP contribution in [0.1, 0.15) is 12.0 Å². The van der Waals surface area contributed by atoms with Gasteiger partial charge in [0.15, 0.2) is 5.58 Å². The van der Waals surface area contributed by atoms with Gasteiger partial charge in [0.25, 0.3) is 0 Å². The Balaban J connectivity index is 0.00000231. The number of aromatic nitrogens is 1. The summed E-state index contributed by atoms with van der Waals surface area (Å²) < 4.78 is 35.0. The lowest BCUT2D eigenvalue weighted by Crippen LogP contribution is -2.36. The summed E-state index contributed by atoms with van der Waals surface area (Å²) in [6.07, 6.45) is 1.89. The van der Waals surface area contributed by atoms with Crippen LogP contribution in [0.15, 0.2) is 62.6 Å². The smallest absolute Gasteiger partial charge is 0.408 e. The van der Waals surface area contributed by atoms with Crippen LogP contribution >= 0.6 is 12.4 Å². The Bertz CT molecular complexity index is 1250. The van der Waals surface area contributed by atoms with E-state index in [1.165, 1.54) is 16.2 Å². The number of oxazole rings is 1. The number of nitrogens with zero attached hydrogens (tertiary/aromatic N) is 2. The third-order valence-corrected chi connectivity index (χ3v) is 8.61. The van der Waals surface area contributed by atoms with E-state index in [9.17, 15) is 13.2 Å². The van der Waals surface area contributed by atoms with E-state index in [2.05, 4.69) is 17.4 Å². The van der Waals surface area contributed by atoms with Crippen LogP contribution < -0.4 is 11.1 Å². The lowest BCUT2D eigenvalue weighted by molar-refractivity contribution is 0.265. The Morgan fingerprint density at radius 1 is 1.19 bits per heavy atom. The maximum absolute atomic E-state index is 13.4. The van der Waals surface area contributed by atoms with E-state index in [1.807, 2.05) is 18.2 Å². The molecule has 2 atom stereocenters. The van der Waals surface area contributed by atoms with Gasteiger partial charge in [-0.1, -0.05) is 30.3 Å². The third kappa shape index (κ3) is 3.71. The second kappa shape index (κ2) is 8.09. The molecule has 5 rings (SSSR count). The molecule has 3 heterocycles. The first-order valence-corrected chi connectivity index (χ1v) is 11.7. The average molecular weight is 464 g/mol. The summed E-state index contributed by atoms with van der Waals surface area (Å²) in [5.74, 6) is -0.199. The highest BCUT2D eigenvalue weighted by molar-refractivity contribution is 7.89. The maximum Gasteiger partial charge on any atom is 0.419 e. The Kier molecular flexibility index (Phi) is 5.76. The largest absolute Gasteiger partial charge is 0.419 e. The Hall–Kier alpha value is -2.13. The molecule has 2 aliphatic rings. The molecule has 0 amide bonds. The van der Waals surface area contributed by atoms with Gasteiger partial charge in [-0.25, -0.2) is 13.2 Å². The lowest BCUT2D eigenvalue weighted by Gasteiger charge is -2.28. The van der Waals surface area contributed by atoms with Gasteiger partial charge in [0.05, 0.1) is 10.4 Å². The maximum atomic E-state index is 13.4. The summed E-state index contributed by atoms with van der Waals surface area (Å²) in [4.78, 5) is 11.9. The van der Waals surface area contributed by atoms with Gasteiger partial charge in [-0.15, -0.1) is 12.4 Å². The minimum absolute atomic E-state index is 0. The molecule has 0 radical (unpaired) electrons. The molecule has 0 aliphatic carbocycles. The fourth-order valence-corrected chi connectivity index (χ4v) is 6.57. The van der Waals surface area contributed by atoms with Crippen molar-refractivity contribution in [3.05, 3.63) is 64.6 Å². The van der Waals surface area contributed by atoms with Crippen LogP contribution in [0, 0.1) is 11.3 Å². The van der Waals surface area contributed by atoms with Crippen LogP contribution in [0.25, 0.3) is 11.1 Å². The molecule has 0 saturated carbocycles. The molecular formula is C22H26ClN3O4S. The van der Waals surface area contributed by atoms with Gasteiger partial charge in [0.2, 0.25) is 10.0 Å². The van der Waals surface area contributed by atoms with Gasteiger partial charge in [0, 0.05) is 38.2 Å². The normalized spacial score (nSPS) is 23.7. The van der Waals surface area contributed by atoms with Crippen LogP contribution in [0.4, 0.5) is 0 Å². The zero-order valence-electron chi connectivity index (χ0n) is 17.3. The monoisotopic (exact) mass is 463 g/mol. The molecule has 2 aliphatic heterocycles. The Morgan fingerprint density at radius 2 is 1.97 bits per heavy atom. The van der Waals surface area contributed by atoms with Gasteiger partial charge in [-0.05, 0) is 43.0 Å². The number of nitrogens with one attached hydrogen (secondary N) is 1. The molecule has 1 N–H and O–H groups in total. The van der Waals surface area contributed by atoms with E-state index in [1.54, 1.807) is 23.5 Å². The van der Waals surface area contributed by atoms with Gasteiger partial charge >= 0.3 is 5.76 Å². The van der Waals surface area contributed by atoms with Crippen molar-refractivity contribution in [1.82, 2.24) is 14.2 Å². The molecule has 7 nitrogen and oxygen atoms in total. The summed E-state index contributed by atoms with van der Waals surface area (Å²) in [7, 11) is -2.06. The minimum atomic E-state index is -3.66. The average Bonchev–Trinajstić information content (AvgIpc) is 3.38. The fraction of sp³-hybridized carbons (Fsp3) is 0.409. The van der Waals surface area contributed by atoms with E-state index >= 15 is 0 Å². The van der Waals surface area contributed by atoms with Crippen molar-refractivity contribution in [3.63, 3.8) is 0 Å². The highest BCUT2D eigenvalue weighted by Gasteiger charge is 2.52. The number of halogens is 1. The number of fused-ring (bicyclic) bond motifs is 2. The van der Waals surface area contributed by atoms with Crippen molar-refractivity contribution in [2.24, 2.45) is 18.4 Å². The van der Waals surface area contributed by atoms with Crippen molar-refractivity contribution in [3.8, 4) is 0 Å². The van der Waals surface area contributed by atoms with Gasteiger partial charge in [-0.3, -0.25) is 4.57 Å². The molecule has 2 unspecified atom stereocenters. The van der Waals surface area contributed by atoms with E-state index < -0.39 is 15.8 Å². The zero-order valence-corrected chi connectivity index (χ0v) is 18.9. The summed E-state index contributed by atoms with van der Waals surface area (Å²) in [5, 5.41) is 3.47. The van der Waals surface area contributed by atoms with Crippen molar-refractivity contribution in [2.75, 3.05) is 26.2 Å². The van der Waals surface area contributed by atoms with Gasteiger partial charge in [0.1, 0.15) is 0 Å². The molecule has 9 heteroatoms. The summed E-state index contributed by atoms with van der Waals surface area (Å²) >= 11 is 0.